The molecule has 1 aromatic heterocycles. The van der Waals surface area contributed by atoms with E-state index in [2.05, 4.69) is 17.1 Å². The molecule has 0 aliphatic heterocycles. The van der Waals surface area contributed by atoms with Crippen molar-refractivity contribution in [1.82, 2.24) is 4.57 Å². The van der Waals surface area contributed by atoms with Crippen LogP contribution >= 0.6 is 22.9 Å². The molecule has 0 N–H and O–H groups in total. The predicted octanol–water partition coefficient (Wildman–Crippen LogP) is 5.82. The summed E-state index contributed by atoms with van der Waals surface area (Å²) in [6.07, 6.45) is 0. The largest absolute Gasteiger partial charge is 0.497 e. The number of hydrogen-bond donors (Lipinski definition) is 0. The van der Waals surface area contributed by atoms with E-state index in [9.17, 15) is 4.79 Å². The van der Waals surface area contributed by atoms with Crippen molar-refractivity contribution < 1.29 is 9.53 Å². The molecule has 0 atom stereocenters. The third-order valence-electron chi connectivity index (χ3n) is 4.73. The number of ether oxygens (including phenoxy) is 1. The maximum Gasteiger partial charge on any atom is 0.281 e. The van der Waals surface area contributed by atoms with E-state index in [-0.39, 0.29) is 5.91 Å². The van der Waals surface area contributed by atoms with Crippen LogP contribution in [0.4, 0.5) is 0 Å². The van der Waals surface area contributed by atoms with Gasteiger partial charge in [0.15, 0.2) is 4.80 Å². The SMILES string of the molecule is COc1ccc(-c2c(-c3ccccc3)sc(=NC(=O)c3ccccc3Cl)n2C)cc1. The standard InChI is InChI=1S/C24H19ClN2O2S/c1-27-21(16-12-14-18(29-2)15-13-16)22(17-8-4-3-5-9-17)30-24(27)26-23(28)19-10-6-7-11-20(19)25/h3-15H,1-2H3. The first-order valence-corrected chi connectivity index (χ1v) is 10.5. The summed E-state index contributed by atoms with van der Waals surface area (Å²) in [6, 6.07) is 24.9. The molecule has 0 fully saturated rings. The molecule has 0 aliphatic carbocycles. The first kappa shape index (κ1) is 20.1. The summed E-state index contributed by atoms with van der Waals surface area (Å²) in [6.45, 7) is 0. The van der Waals surface area contributed by atoms with Gasteiger partial charge >= 0.3 is 0 Å². The minimum Gasteiger partial charge on any atom is -0.497 e. The molecule has 4 aromatic rings. The second-order valence-electron chi connectivity index (χ2n) is 6.61. The Morgan fingerprint density at radius 1 is 0.933 bits per heavy atom. The fourth-order valence-corrected chi connectivity index (χ4v) is 4.56. The number of nitrogens with zero attached hydrogens (tertiary/aromatic N) is 2. The number of benzene rings is 3. The third kappa shape index (κ3) is 3.95. The van der Waals surface area contributed by atoms with Gasteiger partial charge in [0.2, 0.25) is 0 Å². The van der Waals surface area contributed by atoms with Crippen LogP contribution in [0.3, 0.4) is 0 Å². The highest BCUT2D eigenvalue weighted by Crippen LogP contribution is 2.35. The molecule has 0 radical (unpaired) electrons. The highest BCUT2D eigenvalue weighted by atomic mass is 35.5. The van der Waals surface area contributed by atoms with Gasteiger partial charge in [0.25, 0.3) is 5.91 Å². The van der Waals surface area contributed by atoms with Crippen LogP contribution < -0.4 is 9.54 Å². The van der Waals surface area contributed by atoms with Crippen LogP contribution in [0.25, 0.3) is 21.7 Å². The van der Waals surface area contributed by atoms with Gasteiger partial charge in [-0.2, -0.15) is 4.99 Å². The minimum atomic E-state index is -0.363. The van der Waals surface area contributed by atoms with Crippen molar-refractivity contribution in [3.05, 3.63) is 94.3 Å². The fraction of sp³-hybridized carbons (Fsp3) is 0.0833. The van der Waals surface area contributed by atoms with E-state index in [0.29, 0.717) is 15.4 Å². The molecular weight excluding hydrogens is 416 g/mol. The molecule has 0 unspecified atom stereocenters. The molecule has 0 saturated heterocycles. The van der Waals surface area contributed by atoms with Crippen LogP contribution in [0, 0.1) is 0 Å². The molecular formula is C24H19ClN2O2S. The molecule has 6 heteroatoms. The van der Waals surface area contributed by atoms with E-state index in [4.69, 9.17) is 16.3 Å². The molecule has 0 spiro atoms. The fourth-order valence-electron chi connectivity index (χ4n) is 3.19. The Kier molecular flexibility index (Phi) is 5.84. The molecule has 4 rings (SSSR count). The summed E-state index contributed by atoms with van der Waals surface area (Å²) in [5.41, 5.74) is 3.45. The maximum absolute atomic E-state index is 12.8. The first-order valence-electron chi connectivity index (χ1n) is 9.31. The Morgan fingerprint density at radius 3 is 2.27 bits per heavy atom. The number of thiazole rings is 1. The number of amides is 1. The molecule has 0 bridgehead atoms. The van der Waals surface area contributed by atoms with Crippen LogP contribution in [-0.4, -0.2) is 17.6 Å². The number of carbonyl (C=O) groups excluding carboxylic acids is 1. The molecule has 4 nitrogen and oxygen atoms in total. The van der Waals surface area contributed by atoms with Gasteiger partial charge in [-0.25, -0.2) is 0 Å². The van der Waals surface area contributed by atoms with Crippen molar-refractivity contribution in [2.45, 2.75) is 0 Å². The quantitative estimate of drug-likeness (QED) is 0.406. The van der Waals surface area contributed by atoms with E-state index in [1.165, 1.54) is 11.3 Å². The van der Waals surface area contributed by atoms with Crippen molar-refractivity contribution in [3.63, 3.8) is 0 Å². The third-order valence-corrected chi connectivity index (χ3v) is 6.24. The normalized spacial score (nSPS) is 11.5. The monoisotopic (exact) mass is 434 g/mol. The van der Waals surface area contributed by atoms with E-state index in [1.54, 1.807) is 31.4 Å². The van der Waals surface area contributed by atoms with E-state index in [0.717, 1.165) is 27.4 Å². The topological polar surface area (TPSA) is 43.6 Å². The number of aromatic nitrogens is 1. The average Bonchev–Trinajstić information content (AvgIpc) is 3.10. The highest BCUT2D eigenvalue weighted by Gasteiger charge is 2.17. The van der Waals surface area contributed by atoms with Crippen LogP contribution in [0.1, 0.15) is 10.4 Å². The van der Waals surface area contributed by atoms with Gasteiger partial charge < -0.3 is 9.30 Å². The zero-order valence-corrected chi connectivity index (χ0v) is 18.1. The Labute approximate surface area is 183 Å². The Bertz CT molecular complexity index is 1260. The lowest BCUT2D eigenvalue weighted by atomic mass is 10.1. The molecule has 0 aliphatic rings. The molecule has 1 heterocycles. The molecule has 30 heavy (non-hydrogen) atoms. The molecule has 0 saturated carbocycles. The van der Waals surface area contributed by atoms with Crippen LogP contribution in [0.15, 0.2) is 83.9 Å². The van der Waals surface area contributed by atoms with Gasteiger partial charge in [-0.15, -0.1) is 0 Å². The van der Waals surface area contributed by atoms with E-state index < -0.39 is 0 Å². The lowest BCUT2D eigenvalue weighted by molar-refractivity contribution is 0.0998. The first-order chi connectivity index (χ1) is 14.6. The Morgan fingerprint density at radius 2 is 1.60 bits per heavy atom. The lowest BCUT2D eigenvalue weighted by Crippen LogP contribution is -2.14. The van der Waals surface area contributed by atoms with E-state index >= 15 is 0 Å². The van der Waals surface area contributed by atoms with Crippen molar-refractivity contribution in [3.8, 4) is 27.4 Å². The maximum atomic E-state index is 12.8. The highest BCUT2D eigenvalue weighted by molar-refractivity contribution is 7.13. The van der Waals surface area contributed by atoms with Crippen molar-refractivity contribution in [2.75, 3.05) is 7.11 Å². The molecule has 1 amide bonds. The van der Waals surface area contributed by atoms with Crippen LogP contribution in [-0.2, 0) is 7.05 Å². The second kappa shape index (κ2) is 8.69. The van der Waals surface area contributed by atoms with Gasteiger partial charge in [-0.1, -0.05) is 65.4 Å². The predicted molar refractivity (Wildman–Crippen MR) is 122 cm³/mol. The number of carbonyl (C=O) groups is 1. The minimum absolute atomic E-state index is 0.363. The van der Waals surface area contributed by atoms with Crippen molar-refractivity contribution in [1.29, 1.82) is 0 Å². The van der Waals surface area contributed by atoms with Crippen molar-refractivity contribution >= 4 is 28.8 Å². The number of rotatable bonds is 4. The number of methoxy groups -OCH3 is 1. The zero-order valence-electron chi connectivity index (χ0n) is 16.5. The van der Waals surface area contributed by atoms with Crippen LogP contribution in [0.5, 0.6) is 5.75 Å². The van der Waals surface area contributed by atoms with E-state index in [1.807, 2.05) is 54.1 Å². The summed E-state index contributed by atoms with van der Waals surface area (Å²) in [7, 11) is 3.56. The van der Waals surface area contributed by atoms with Crippen LogP contribution in [0.2, 0.25) is 5.02 Å². The molecule has 3 aromatic carbocycles. The number of halogens is 1. The Balaban J connectivity index is 1.90. The summed E-state index contributed by atoms with van der Waals surface area (Å²) < 4.78 is 7.24. The smallest absolute Gasteiger partial charge is 0.281 e. The summed E-state index contributed by atoms with van der Waals surface area (Å²) in [4.78, 5) is 18.8. The van der Waals surface area contributed by atoms with Crippen molar-refractivity contribution in [2.24, 2.45) is 12.0 Å². The van der Waals surface area contributed by atoms with Gasteiger partial charge in [-0.3, -0.25) is 4.79 Å². The lowest BCUT2D eigenvalue weighted by Gasteiger charge is -2.08. The Hall–Kier alpha value is -3.15. The van der Waals surface area contributed by atoms with Gasteiger partial charge in [-0.05, 0) is 47.5 Å². The molecule has 150 valence electrons. The summed E-state index contributed by atoms with van der Waals surface area (Å²) >= 11 is 7.66. The summed E-state index contributed by atoms with van der Waals surface area (Å²) in [5.74, 6) is 0.426. The summed E-state index contributed by atoms with van der Waals surface area (Å²) in [5, 5.41) is 0.393. The zero-order chi connectivity index (χ0) is 21.1. The second-order valence-corrected chi connectivity index (χ2v) is 8.00. The van der Waals surface area contributed by atoms with Gasteiger partial charge in [0, 0.05) is 7.05 Å². The van der Waals surface area contributed by atoms with Gasteiger partial charge in [0.1, 0.15) is 5.75 Å². The number of hydrogen-bond acceptors (Lipinski definition) is 3. The van der Waals surface area contributed by atoms with Gasteiger partial charge in [0.05, 0.1) is 28.3 Å². The average molecular weight is 435 g/mol.